The summed E-state index contributed by atoms with van der Waals surface area (Å²) in [6, 6.07) is 26.2. The highest BCUT2D eigenvalue weighted by atomic mass is 35.5. The van der Waals surface area contributed by atoms with Gasteiger partial charge in [-0.1, -0.05) is 66.2 Å². The first-order valence-corrected chi connectivity index (χ1v) is 12.5. The lowest BCUT2D eigenvalue weighted by Crippen LogP contribution is -2.45. The molecule has 1 aliphatic heterocycles. The van der Waals surface area contributed by atoms with Gasteiger partial charge in [-0.3, -0.25) is 4.90 Å². The molecular weight excluding hydrogens is 446 g/mol. The summed E-state index contributed by atoms with van der Waals surface area (Å²) in [6.45, 7) is 6.50. The van der Waals surface area contributed by atoms with E-state index in [1.807, 2.05) is 49.4 Å². The second kappa shape index (κ2) is 11.9. The number of rotatable bonds is 10. The Morgan fingerprint density at radius 3 is 2.29 bits per heavy atom. The Hall–Kier alpha value is -2.37. The molecule has 4 rings (SSSR count). The van der Waals surface area contributed by atoms with E-state index in [4.69, 9.17) is 21.1 Å². The molecule has 1 saturated heterocycles. The van der Waals surface area contributed by atoms with E-state index in [0.717, 1.165) is 56.1 Å². The number of ether oxygens (including phenoxy) is 2. The van der Waals surface area contributed by atoms with Crippen LogP contribution in [0.4, 0.5) is 0 Å². The van der Waals surface area contributed by atoms with Gasteiger partial charge >= 0.3 is 0 Å². The Balaban J connectivity index is 1.72. The van der Waals surface area contributed by atoms with Gasteiger partial charge in [0, 0.05) is 30.6 Å². The molecule has 5 heteroatoms. The molecule has 4 nitrogen and oxygen atoms in total. The number of halogens is 1. The Bertz CT molecular complexity index is 1000. The molecule has 1 heterocycles. The van der Waals surface area contributed by atoms with Crippen molar-refractivity contribution in [3.63, 3.8) is 0 Å². The van der Waals surface area contributed by atoms with E-state index < -0.39 is 5.60 Å². The van der Waals surface area contributed by atoms with E-state index in [-0.39, 0.29) is 5.92 Å². The van der Waals surface area contributed by atoms with Crippen LogP contribution >= 0.6 is 11.6 Å². The molecule has 2 unspecified atom stereocenters. The third kappa shape index (κ3) is 6.19. The quantitative estimate of drug-likeness (QED) is 0.406. The van der Waals surface area contributed by atoms with Gasteiger partial charge in [-0.15, -0.1) is 0 Å². The van der Waals surface area contributed by atoms with Crippen LogP contribution in [0.2, 0.25) is 5.02 Å². The molecule has 180 valence electrons. The Kier molecular flexibility index (Phi) is 8.63. The highest BCUT2D eigenvalue weighted by molar-refractivity contribution is 6.30. The SMILES string of the molecule is CCOc1ccc(C(O)(CCc2ccccc2)C(CN2CCOCC2)c2ccc(Cl)cc2)cc1. The molecule has 1 N–H and O–H groups in total. The van der Waals surface area contributed by atoms with E-state index in [9.17, 15) is 5.11 Å². The van der Waals surface area contributed by atoms with Crippen LogP contribution in [0.15, 0.2) is 78.9 Å². The molecule has 0 amide bonds. The maximum absolute atomic E-state index is 12.5. The summed E-state index contributed by atoms with van der Waals surface area (Å²) in [4.78, 5) is 2.39. The van der Waals surface area contributed by atoms with Crippen LogP contribution in [0.25, 0.3) is 0 Å². The van der Waals surface area contributed by atoms with Crippen LogP contribution in [0.5, 0.6) is 5.75 Å². The van der Waals surface area contributed by atoms with Crippen molar-refractivity contribution in [3.05, 3.63) is 101 Å². The molecular formula is C29H34ClNO3. The standard InChI is InChI=1S/C29H34ClNO3/c1-2-34-27-14-10-25(11-15-27)29(32,17-16-23-6-4-3-5-7-23)28(22-31-18-20-33-21-19-31)24-8-12-26(30)13-9-24/h3-15,28,32H,2,16-22H2,1H3. The number of nitrogens with zero attached hydrogens (tertiary/aromatic N) is 1. The van der Waals surface area contributed by atoms with Gasteiger partial charge in [0.25, 0.3) is 0 Å². The van der Waals surface area contributed by atoms with Gasteiger partial charge in [-0.25, -0.2) is 0 Å². The van der Waals surface area contributed by atoms with Crippen LogP contribution in [-0.4, -0.2) is 49.5 Å². The fraction of sp³-hybridized carbons (Fsp3) is 0.379. The number of morpholine rings is 1. The monoisotopic (exact) mass is 479 g/mol. The van der Waals surface area contributed by atoms with Crippen LogP contribution in [0, 0.1) is 0 Å². The average Bonchev–Trinajstić information content (AvgIpc) is 2.88. The van der Waals surface area contributed by atoms with Gasteiger partial charge in [0.2, 0.25) is 0 Å². The molecule has 1 aliphatic rings. The number of hydrogen-bond donors (Lipinski definition) is 1. The smallest absolute Gasteiger partial charge is 0.119 e. The maximum atomic E-state index is 12.5. The third-order valence-corrected chi connectivity index (χ3v) is 6.95. The predicted molar refractivity (Wildman–Crippen MR) is 138 cm³/mol. The van der Waals surface area contributed by atoms with Gasteiger partial charge in [0.1, 0.15) is 5.75 Å². The molecule has 3 aromatic carbocycles. The molecule has 34 heavy (non-hydrogen) atoms. The van der Waals surface area contributed by atoms with Crippen molar-refractivity contribution in [2.45, 2.75) is 31.3 Å². The van der Waals surface area contributed by atoms with Crippen molar-refractivity contribution in [2.75, 3.05) is 39.5 Å². The minimum atomic E-state index is -1.08. The van der Waals surface area contributed by atoms with Gasteiger partial charge in [0.15, 0.2) is 0 Å². The molecule has 3 aromatic rings. The van der Waals surface area contributed by atoms with Gasteiger partial charge < -0.3 is 14.6 Å². The lowest BCUT2D eigenvalue weighted by molar-refractivity contribution is -0.0279. The van der Waals surface area contributed by atoms with Gasteiger partial charge in [-0.2, -0.15) is 0 Å². The molecule has 0 radical (unpaired) electrons. The Labute approximate surface area is 208 Å². The zero-order chi connectivity index (χ0) is 23.8. The van der Waals surface area contributed by atoms with E-state index in [1.54, 1.807) is 0 Å². The average molecular weight is 480 g/mol. The van der Waals surface area contributed by atoms with Crippen LogP contribution < -0.4 is 4.74 Å². The van der Waals surface area contributed by atoms with Crippen molar-refractivity contribution < 1.29 is 14.6 Å². The highest BCUT2D eigenvalue weighted by Crippen LogP contribution is 2.42. The number of aliphatic hydroxyl groups is 1. The second-order valence-corrected chi connectivity index (χ2v) is 9.32. The van der Waals surface area contributed by atoms with E-state index in [2.05, 4.69) is 41.3 Å². The zero-order valence-electron chi connectivity index (χ0n) is 19.8. The topological polar surface area (TPSA) is 41.9 Å². The summed E-state index contributed by atoms with van der Waals surface area (Å²) in [5.74, 6) is 0.678. The summed E-state index contributed by atoms with van der Waals surface area (Å²) >= 11 is 6.22. The molecule has 0 aromatic heterocycles. The summed E-state index contributed by atoms with van der Waals surface area (Å²) in [5, 5.41) is 13.2. The fourth-order valence-corrected chi connectivity index (χ4v) is 4.90. The van der Waals surface area contributed by atoms with Crippen LogP contribution in [0.3, 0.4) is 0 Å². The van der Waals surface area contributed by atoms with Crippen molar-refractivity contribution in [3.8, 4) is 5.75 Å². The Morgan fingerprint density at radius 1 is 0.971 bits per heavy atom. The van der Waals surface area contributed by atoms with Crippen molar-refractivity contribution in [1.29, 1.82) is 0 Å². The lowest BCUT2D eigenvalue weighted by Gasteiger charge is -2.41. The highest BCUT2D eigenvalue weighted by Gasteiger charge is 2.40. The van der Waals surface area contributed by atoms with Crippen LogP contribution in [-0.2, 0) is 16.8 Å². The summed E-state index contributed by atoms with van der Waals surface area (Å²) in [5.41, 5.74) is 2.13. The largest absolute Gasteiger partial charge is 0.494 e. The van der Waals surface area contributed by atoms with Gasteiger partial charge in [0.05, 0.1) is 25.4 Å². The lowest BCUT2D eigenvalue weighted by atomic mass is 9.73. The maximum Gasteiger partial charge on any atom is 0.119 e. The first-order valence-electron chi connectivity index (χ1n) is 12.1. The molecule has 1 fully saturated rings. The van der Waals surface area contributed by atoms with Crippen molar-refractivity contribution in [1.82, 2.24) is 4.90 Å². The third-order valence-electron chi connectivity index (χ3n) is 6.70. The van der Waals surface area contributed by atoms with E-state index >= 15 is 0 Å². The number of benzene rings is 3. The first kappa shape index (κ1) is 24.7. The first-order chi connectivity index (χ1) is 16.6. The zero-order valence-corrected chi connectivity index (χ0v) is 20.6. The number of hydrogen-bond acceptors (Lipinski definition) is 4. The van der Waals surface area contributed by atoms with E-state index in [0.29, 0.717) is 18.1 Å². The molecule has 0 bridgehead atoms. The normalized spacial score (nSPS) is 17.1. The van der Waals surface area contributed by atoms with E-state index in [1.165, 1.54) is 5.56 Å². The minimum absolute atomic E-state index is 0.135. The molecule has 0 saturated carbocycles. The summed E-state index contributed by atoms with van der Waals surface area (Å²) in [7, 11) is 0. The summed E-state index contributed by atoms with van der Waals surface area (Å²) in [6.07, 6.45) is 1.38. The molecule has 0 aliphatic carbocycles. The minimum Gasteiger partial charge on any atom is -0.494 e. The number of aryl methyl sites for hydroxylation is 1. The Morgan fingerprint density at radius 2 is 1.65 bits per heavy atom. The molecule has 2 atom stereocenters. The molecule has 0 spiro atoms. The summed E-state index contributed by atoms with van der Waals surface area (Å²) < 4.78 is 11.2. The van der Waals surface area contributed by atoms with Crippen LogP contribution in [0.1, 0.15) is 36.0 Å². The van der Waals surface area contributed by atoms with Crippen molar-refractivity contribution in [2.24, 2.45) is 0 Å². The second-order valence-electron chi connectivity index (χ2n) is 8.88. The van der Waals surface area contributed by atoms with Crippen molar-refractivity contribution >= 4 is 11.6 Å². The van der Waals surface area contributed by atoms with Gasteiger partial charge in [-0.05, 0) is 60.7 Å². The fourth-order valence-electron chi connectivity index (χ4n) is 4.77. The predicted octanol–water partition coefficient (Wildman–Crippen LogP) is 5.68.